The number of benzene rings is 3. The predicted molar refractivity (Wildman–Crippen MR) is 125 cm³/mol. The molecule has 0 bridgehead atoms. The van der Waals surface area contributed by atoms with Crippen LogP contribution in [-0.2, 0) is 9.59 Å². The summed E-state index contributed by atoms with van der Waals surface area (Å²) in [6, 6.07) is 16.6. The maximum Gasteiger partial charge on any atom is 0.300 e. The fraction of sp³-hybridized carbons (Fsp3) is 0.154. The highest BCUT2D eigenvalue weighted by Crippen LogP contribution is 2.43. The zero-order valence-electron chi connectivity index (χ0n) is 18.0. The number of rotatable bonds is 5. The van der Waals surface area contributed by atoms with Gasteiger partial charge in [-0.05, 0) is 67.4 Å². The number of amides is 1. The van der Waals surface area contributed by atoms with Gasteiger partial charge in [-0.3, -0.25) is 14.5 Å². The maximum absolute atomic E-state index is 13.8. The second-order valence-electron chi connectivity index (χ2n) is 7.61. The molecule has 1 aliphatic rings. The van der Waals surface area contributed by atoms with Gasteiger partial charge < -0.3 is 9.84 Å². The quantitative estimate of drug-likeness (QED) is 0.293. The third kappa shape index (κ3) is 4.22. The van der Waals surface area contributed by atoms with Gasteiger partial charge in [0.05, 0.1) is 18.2 Å². The van der Waals surface area contributed by atoms with Gasteiger partial charge in [0, 0.05) is 22.3 Å². The summed E-state index contributed by atoms with van der Waals surface area (Å²) in [6.45, 7) is 3.84. The Kier molecular flexibility index (Phi) is 6.20. The van der Waals surface area contributed by atoms with E-state index in [0.717, 1.165) is 0 Å². The van der Waals surface area contributed by atoms with Crippen LogP contribution in [0, 0.1) is 12.7 Å². The molecule has 33 heavy (non-hydrogen) atoms. The number of ketones is 1. The minimum absolute atomic E-state index is 0.0878. The molecule has 168 valence electrons. The van der Waals surface area contributed by atoms with Crippen molar-refractivity contribution in [3.05, 3.63) is 99.8 Å². The maximum atomic E-state index is 13.8. The van der Waals surface area contributed by atoms with Crippen molar-refractivity contribution >= 4 is 34.7 Å². The number of halogens is 2. The molecule has 0 radical (unpaired) electrons. The Labute approximate surface area is 195 Å². The summed E-state index contributed by atoms with van der Waals surface area (Å²) in [5.74, 6) is -1.89. The van der Waals surface area contributed by atoms with Crippen LogP contribution in [0.5, 0.6) is 5.75 Å². The van der Waals surface area contributed by atoms with Gasteiger partial charge in [0.2, 0.25) is 0 Å². The number of carbonyl (C=O) groups is 2. The van der Waals surface area contributed by atoms with E-state index in [1.165, 1.54) is 23.1 Å². The number of aryl methyl sites for hydroxylation is 1. The molecule has 0 saturated carbocycles. The highest BCUT2D eigenvalue weighted by molar-refractivity contribution is 6.51. The van der Waals surface area contributed by atoms with Crippen LogP contribution in [0.1, 0.15) is 29.7 Å². The van der Waals surface area contributed by atoms with Crippen LogP contribution in [0.15, 0.2) is 72.3 Å². The third-order valence-electron chi connectivity index (χ3n) is 5.47. The molecular formula is C26H21ClFNO4. The molecule has 1 amide bonds. The van der Waals surface area contributed by atoms with Gasteiger partial charge in [-0.25, -0.2) is 4.39 Å². The van der Waals surface area contributed by atoms with Crippen LogP contribution in [0.3, 0.4) is 0 Å². The van der Waals surface area contributed by atoms with Gasteiger partial charge in [0.15, 0.2) is 0 Å². The summed E-state index contributed by atoms with van der Waals surface area (Å²) in [6.07, 6.45) is 0. The van der Waals surface area contributed by atoms with E-state index in [2.05, 4.69) is 0 Å². The van der Waals surface area contributed by atoms with Gasteiger partial charge in [-0.1, -0.05) is 29.8 Å². The smallest absolute Gasteiger partial charge is 0.300 e. The lowest BCUT2D eigenvalue weighted by Gasteiger charge is -2.26. The van der Waals surface area contributed by atoms with Crippen molar-refractivity contribution < 1.29 is 23.8 Å². The first-order valence-corrected chi connectivity index (χ1v) is 10.8. The molecule has 1 fully saturated rings. The standard InChI is InChI=1S/C26H21ClFNO4/c1-3-33-20-6-4-5-19(14-20)29-23(16-7-10-18(27)11-8-16)22(25(31)26(29)32)24(30)17-9-12-21(28)15(2)13-17/h4-14,23,30H,3H2,1-2H3/b24-22+. The molecule has 1 heterocycles. The third-order valence-corrected chi connectivity index (χ3v) is 5.72. The van der Waals surface area contributed by atoms with Gasteiger partial charge in [-0.2, -0.15) is 0 Å². The number of hydrogen-bond acceptors (Lipinski definition) is 4. The van der Waals surface area contributed by atoms with Crippen molar-refractivity contribution in [3.8, 4) is 5.75 Å². The van der Waals surface area contributed by atoms with Crippen molar-refractivity contribution in [3.63, 3.8) is 0 Å². The summed E-state index contributed by atoms with van der Waals surface area (Å²) in [5, 5.41) is 11.6. The predicted octanol–water partition coefficient (Wildman–Crippen LogP) is 5.81. The van der Waals surface area contributed by atoms with E-state index in [1.807, 2.05) is 6.92 Å². The van der Waals surface area contributed by atoms with E-state index in [9.17, 15) is 19.1 Å². The molecule has 7 heteroatoms. The minimum atomic E-state index is -0.912. The van der Waals surface area contributed by atoms with Crippen LogP contribution in [0.4, 0.5) is 10.1 Å². The van der Waals surface area contributed by atoms with Crippen molar-refractivity contribution in [2.24, 2.45) is 0 Å². The van der Waals surface area contributed by atoms with Crippen LogP contribution in [-0.4, -0.2) is 23.4 Å². The SMILES string of the molecule is CCOc1cccc(N2C(=O)C(=O)/C(=C(/O)c3ccc(F)c(C)c3)C2c2ccc(Cl)cc2)c1. The molecule has 1 atom stereocenters. The van der Waals surface area contributed by atoms with Crippen molar-refractivity contribution in [2.75, 3.05) is 11.5 Å². The number of hydrogen-bond donors (Lipinski definition) is 1. The summed E-state index contributed by atoms with van der Waals surface area (Å²) >= 11 is 6.05. The Morgan fingerprint density at radius 2 is 1.82 bits per heavy atom. The number of Topliss-reactive ketones (excluding diaryl/α,β-unsaturated/α-hetero) is 1. The fourth-order valence-electron chi connectivity index (χ4n) is 3.90. The second kappa shape index (κ2) is 9.08. The zero-order valence-corrected chi connectivity index (χ0v) is 18.8. The Morgan fingerprint density at radius 1 is 1.09 bits per heavy atom. The monoisotopic (exact) mass is 465 g/mol. The largest absolute Gasteiger partial charge is 0.507 e. The van der Waals surface area contributed by atoms with Gasteiger partial charge >= 0.3 is 0 Å². The molecule has 0 aromatic heterocycles. The highest BCUT2D eigenvalue weighted by Gasteiger charge is 2.47. The first-order valence-electron chi connectivity index (χ1n) is 10.4. The van der Waals surface area contributed by atoms with Crippen LogP contribution in [0.2, 0.25) is 5.02 Å². The normalized spacial score (nSPS) is 17.5. The highest BCUT2D eigenvalue weighted by atomic mass is 35.5. The van der Waals surface area contributed by atoms with E-state index in [0.29, 0.717) is 34.2 Å². The molecule has 0 aliphatic carbocycles. The lowest BCUT2D eigenvalue weighted by atomic mass is 9.94. The molecule has 4 rings (SSSR count). The summed E-state index contributed by atoms with van der Waals surface area (Å²) in [5.41, 5.74) is 1.49. The second-order valence-corrected chi connectivity index (χ2v) is 8.05. The van der Waals surface area contributed by atoms with Crippen LogP contribution in [0.25, 0.3) is 5.76 Å². The van der Waals surface area contributed by atoms with E-state index in [-0.39, 0.29) is 16.9 Å². The molecule has 3 aromatic carbocycles. The number of aliphatic hydroxyl groups is 1. The Bertz CT molecular complexity index is 1270. The molecular weight excluding hydrogens is 445 g/mol. The lowest BCUT2D eigenvalue weighted by Crippen LogP contribution is -2.29. The molecule has 1 saturated heterocycles. The Hall–Kier alpha value is -3.64. The molecule has 1 aliphatic heterocycles. The molecule has 1 N–H and O–H groups in total. The molecule has 3 aromatic rings. The van der Waals surface area contributed by atoms with Crippen LogP contribution >= 0.6 is 11.6 Å². The molecule has 5 nitrogen and oxygen atoms in total. The average molecular weight is 466 g/mol. The van der Waals surface area contributed by atoms with Gasteiger partial charge in [0.25, 0.3) is 11.7 Å². The number of nitrogens with zero attached hydrogens (tertiary/aromatic N) is 1. The van der Waals surface area contributed by atoms with Crippen molar-refractivity contribution in [1.29, 1.82) is 0 Å². The van der Waals surface area contributed by atoms with Crippen LogP contribution < -0.4 is 9.64 Å². The van der Waals surface area contributed by atoms with Crippen molar-refractivity contribution in [2.45, 2.75) is 19.9 Å². The molecule has 1 unspecified atom stereocenters. The number of aliphatic hydroxyl groups excluding tert-OH is 1. The fourth-order valence-corrected chi connectivity index (χ4v) is 4.02. The van der Waals surface area contributed by atoms with Crippen molar-refractivity contribution in [1.82, 2.24) is 0 Å². The average Bonchev–Trinajstić information content (AvgIpc) is 3.06. The zero-order chi connectivity index (χ0) is 23.7. The lowest BCUT2D eigenvalue weighted by molar-refractivity contribution is -0.132. The Morgan fingerprint density at radius 3 is 2.48 bits per heavy atom. The minimum Gasteiger partial charge on any atom is -0.507 e. The van der Waals surface area contributed by atoms with Gasteiger partial charge in [0.1, 0.15) is 17.3 Å². The Balaban J connectivity index is 1.93. The summed E-state index contributed by atoms with van der Waals surface area (Å²) < 4.78 is 19.3. The number of anilines is 1. The first kappa shape index (κ1) is 22.6. The van der Waals surface area contributed by atoms with E-state index in [4.69, 9.17) is 16.3 Å². The molecule has 0 spiro atoms. The van der Waals surface area contributed by atoms with E-state index < -0.39 is 23.5 Å². The number of carbonyl (C=O) groups excluding carboxylic acids is 2. The summed E-state index contributed by atoms with van der Waals surface area (Å²) in [7, 11) is 0. The van der Waals surface area contributed by atoms with Gasteiger partial charge in [-0.15, -0.1) is 0 Å². The topological polar surface area (TPSA) is 66.8 Å². The summed E-state index contributed by atoms with van der Waals surface area (Å²) in [4.78, 5) is 27.7. The number of ether oxygens (including phenoxy) is 1. The van der Waals surface area contributed by atoms with E-state index >= 15 is 0 Å². The first-order chi connectivity index (χ1) is 15.8. The van der Waals surface area contributed by atoms with E-state index in [1.54, 1.807) is 55.5 Å².